The number of ether oxygens (including phenoxy) is 2. The first-order valence-corrected chi connectivity index (χ1v) is 9.80. The highest BCUT2D eigenvalue weighted by Crippen LogP contribution is 2.17. The van der Waals surface area contributed by atoms with Crippen LogP contribution < -0.4 is 14.5 Å². The number of rotatable bonds is 5. The molecular formula is C19H25N7O3. The number of hydrogen-bond acceptors (Lipinski definition) is 9. The number of amides is 1. The van der Waals surface area contributed by atoms with Crippen molar-refractivity contribution in [3.05, 3.63) is 30.1 Å². The van der Waals surface area contributed by atoms with Gasteiger partial charge in [0.1, 0.15) is 0 Å². The van der Waals surface area contributed by atoms with Crippen LogP contribution in [0.15, 0.2) is 24.4 Å². The Bertz CT molecular complexity index is 819. The Morgan fingerprint density at radius 3 is 2.28 bits per heavy atom. The van der Waals surface area contributed by atoms with Crippen LogP contribution in [0, 0.1) is 6.92 Å². The molecule has 2 fully saturated rings. The predicted octanol–water partition coefficient (Wildman–Crippen LogP) is 0.139. The summed E-state index contributed by atoms with van der Waals surface area (Å²) in [6.07, 6.45) is 1.62. The van der Waals surface area contributed by atoms with Gasteiger partial charge < -0.3 is 24.2 Å². The monoisotopic (exact) mass is 399 g/mol. The Balaban J connectivity index is 1.26. The van der Waals surface area contributed by atoms with Gasteiger partial charge in [-0.1, -0.05) is 0 Å². The summed E-state index contributed by atoms with van der Waals surface area (Å²) in [5.41, 5.74) is 0.803. The standard InChI is InChI=1S/C19H25N7O3/c1-15-4-5-20-19(21-15)29-14-18(27)26-8-6-24(7-9-26)16-2-3-17(23-22-16)25-10-12-28-13-11-25/h2-5H,6-14H2,1H3. The largest absolute Gasteiger partial charge is 0.453 e. The first kappa shape index (κ1) is 19.3. The number of carbonyl (C=O) groups excluding carboxylic acids is 1. The molecule has 2 aromatic heterocycles. The second-order valence-corrected chi connectivity index (χ2v) is 6.99. The van der Waals surface area contributed by atoms with Gasteiger partial charge in [-0.2, -0.15) is 0 Å². The summed E-state index contributed by atoms with van der Waals surface area (Å²) >= 11 is 0. The lowest BCUT2D eigenvalue weighted by molar-refractivity contribution is -0.133. The zero-order valence-corrected chi connectivity index (χ0v) is 16.5. The zero-order chi connectivity index (χ0) is 20.1. The number of morpholine rings is 1. The van der Waals surface area contributed by atoms with E-state index in [0.717, 1.165) is 43.6 Å². The number of piperazine rings is 1. The first-order chi connectivity index (χ1) is 14.2. The minimum Gasteiger partial charge on any atom is -0.453 e. The van der Waals surface area contributed by atoms with Gasteiger partial charge in [0.15, 0.2) is 18.2 Å². The van der Waals surface area contributed by atoms with Gasteiger partial charge in [-0.3, -0.25) is 4.79 Å². The number of carbonyl (C=O) groups is 1. The number of anilines is 2. The van der Waals surface area contributed by atoms with Crippen molar-refractivity contribution in [3.63, 3.8) is 0 Å². The molecule has 29 heavy (non-hydrogen) atoms. The Labute approximate surface area is 169 Å². The van der Waals surface area contributed by atoms with Crippen LogP contribution in [0.25, 0.3) is 0 Å². The summed E-state index contributed by atoms with van der Waals surface area (Å²) in [4.78, 5) is 26.7. The third-order valence-corrected chi connectivity index (χ3v) is 5.03. The van der Waals surface area contributed by atoms with Crippen molar-refractivity contribution in [1.82, 2.24) is 25.1 Å². The van der Waals surface area contributed by atoms with Crippen LogP contribution in [-0.2, 0) is 9.53 Å². The fourth-order valence-electron chi connectivity index (χ4n) is 3.35. The maximum absolute atomic E-state index is 12.4. The van der Waals surface area contributed by atoms with Crippen LogP contribution in [0.2, 0.25) is 0 Å². The van der Waals surface area contributed by atoms with E-state index in [4.69, 9.17) is 9.47 Å². The minimum absolute atomic E-state index is 0.0580. The zero-order valence-electron chi connectivity index (χ0n) is 16.5. The van der Waals surface area contributed by atoms with Crippen molar-refractivity contribution in [2.24, 2.45) is 0 Å². The molecule has 0 N–H and O–H groups in total. The normalized spacial score (nSPS) is 17.3. The van der Waals surface area contributed by atoms with Gasteiger partial charge in [0.05, 0.1) is 13.2 Å². The highest BCUT2D eigenvalue weighted by molar-refractivity contribution is 5.78. The molecule has 4 rings (SSSR count). The lowest BCUT2D eigenvalue weighted by Gasteiger charge is -2.35. The Morgan fingerprint density at radius 2 is 1.66 bits per heavy atom. The lowest BCUT2D eigenvalue weighted by atomic mass is 10.3. The molecule has 10 nitrogen and oxygen atoms in total. The van der Waals surface area contributed by atoms with Crippen molar-refractivity contribution in [2.75, 3.05) is 68.9 Å². The second-order valence-electron chi connectivity index (χ2n) is 6.99. The van der Waals surface area contributed by atoms with Crippen molar-refractivity contribution >= 4 is 17.5 Å². The van der Waals surface area contributed by atoms with Gasteiger partial charge >= 0.3 is 6.01 Å². The van der Waals surface area contributed by atoms with E-state index in [1.165, 1.54) is 0 Å². The van der Waals surface area contributed by atoms with E-state index >= 15 is 0 Å². The highest BCUT2D eigenvalue weighted by atomic mass is 16.5. The molecule has 1 amide bonds. The third kappa shape index (κ3) is 4.89. The van der Waals surface area contributed by atoms with E-state index in [1.807, 2.05) is 19.1 Å². The van der Waals surface area contributed by atoms with E-state index in [1.54, 1.807) is 17.2 Å². The quantitative estimate of drug-likeness (QED) is 0.695. The van der Waals surface area contributed by atoms with Gasteiger partial charge in [0.2, 0.25) is 0 Å². The molecule has 0 radical (unpaired) electrons. The average Bonchev–Trinajstić information content (AvgIpc) is 2.78. The van der Waals surface area contributed by atoms with Crippen molar-refractivity contribution in [1.29, 1.82) is 0 Å². The second kappa shape index (κ2) is 8.99. The van der Waals surface area contributed by atoms with Crippen molar-refractivity contribution < 1.29 is 14.3 Å². The predicted molar refractivity (Wildman–Crippen MR) is 106 cm³/mol. The molecule has 154 valence electrons. The fraction of sp³-hybridized carbons (Fsp3) is 0.526. The Morgan fingerprint density at radius 1 is 1.00 bits per heavy atom. The van der Waals surface area contributed by atoms with E-state index < -0.39 is 0 Å². The van der Waals surface area contributed by atoms with Crippen LogP contribution in [-0.4, -0.2) is 90.1 Å². The third-order valence-electron chi connectivity index (χ3n) is 5.03. The topological polar surface area (TPSA) is 96.8 Å². The SMILES string of the molecule is Cc1ccnc(OCC(=O)N2CCN(c3ccc(N4CCOCC4)nn3)CC2)n1. The molecule has 0 bridgehead atoms. The molecule has 10 heteroatoms. The summed E-state index contributed by atoms with van der Waals surface area (Å²) in [5.74, 6) is 1.64. The summed E-state index contributed by atoms with van der Waals surface area (Å²) < 4.78 is 10.8. The van der Waals surface area contributed by atoms with Gasteiger partial charge in [-0.15, -0.1) is 10.2 Å². The van der Waals surface area contributed by atoms with Crippen LogP contribution in [0.5, 0.6) is 6.01 Å². The molecule has 2 aliphatic rings. The minimum atomic E-state index is -0.0662. The van der Waals surface area contributed by atoms with E-state index in [9.17, 15) is 4.79 Å². The van der Waals surface area contributed by atoms with Crippen molar-refractivity contribution in [2.45, 2.75) is 6.92 Å². The first-order valence-electron chi connectivity index (χ1n) is 9.80. The summed E-state index contributed by atoms with van der Waals surface area (Å²) in [7, 11) is 0. The molecule has 0 atom stereocenters. The fourth-order valence-corrected chi connectivity index (χ4v) is 3.35. The van der Waals surface area contributed by atoms with Crippen molar-refractivity contribution in [3.8, 4) is 6.01 Å². The summed E-state index contributed by atoms with van der Waals surface area (Å²) in [5, 5.41) is 8.75. The van der Waals surface area contributed by atoms with Crippen LogP contribution in [0.1, 0.15) is 5.69 Å². The number of hydrogen-bond donors (Lipinski definition) is 0. The van der Waals surface area contributed by atoms with Gasteiger partial charge in [0, 0.05) is 51.2 Å². The van der Waals surface area contributed by atoms with Crippen LogP contribution in [0.3, 0.4) is 0 Å². The summed E-state index contributed by atoms with van der Waals surface area (Å²) in [6.45, 7) is 7.56. The Hall–Kier alpha value is -3.01. The lowest BCUT2D eigenvalue weighted by Crippen LogP contribution is -2.50. The maximum Gasteiger partial charge on any atom is 0.317 e. The van der Waals surface area contributed by atoms with Gasteiger partial charge in [-0.05, 0) is 25.1 Å². The molecule has 0 saturated carbocycles. The van der Waals surface area contributed by atoms with Gasteiger partial charge in [0.25, 0.3) is 5.91 Å². The van der Waals surface area contributed by atoms with Crippen LogP contribution in [0.4, 0.5) is 11.6 Å². The van der Waals surface area contributed by atoms with Crippen LogP contribution >= 0.6 is 0 Å². The number of nitrogens with zero attached hydrogens (tertiary/aromatic N) is 7. The van der Waals surface area contributed by atoms with E-state index in [0.29, 0.717) is 26.2 Å². The molecule has 4 heterocycles. The molecular weight excluding hydrogens is 374 g/mol. The van der Waals surface area contributed by atoms with E-state index in [-0.39, 0.29) is 18.5 Å². The average molecular weight is 399 g/mol. The summed E-state index contributed by atoms with van der Waals surface area (Å²) in [6, 6.07) is 6.01. The highest BCUT2D eigenvalue weighted by Gasteiger charge is 2.23. The molecule has 2 aliphatic heterocycles. The molecule has 0 aromatic carbocycles. The molecule has 0 unspecified atom stereocenters. The number of aromatic nitrogens is 4. The van der Waals surface area contributed by atoms with Gasteiger partial charge in [-0.25, -0.2) is 9.97 Å². The maximum atomic E-state index is 12.4. The number of aryl methyl sites for hydroxylation is 1. The molecule has 0 aliphatic carbocycles. The Kier molecular flexibility index (Phi) is 5.99. The smallest absolute Gasteiger partial charge is 0.317 e. The molecule has 2 aromatic rings. The molecule has 2 saturated heterocycles. The molecule has 0 spiro atoms. The van der Waals surface area contributed by atoms with E-state index in [2.05, 4.69) is 30.0 Å².